The lowest BCUT2D eigenvalue weighted by atomic mass is 9.96. The fourth-order valence-corrected chi connectivity index (χ4v) is 5.01. The van der Waals surface area contributed by atoms with Gasteiger partial charge in [0, 0.05) is 44.7 Å². The standard InChI is InChI=1S/C21H27FN6O2/c1-11-7-27-16(10-25(11)4)20(29)28(13-8-24(3)9-13)18-17(27)14-6-15(22)12(2)23-19(14)26(5)21(18)30/h6,11,13,16H,7-10H2,1-5H3. The number of amides is 1. The van der Waals surface area contributed by atoms with Crippen molar-refractivity contribution in [1.82, 2.24) is 19.4 Å². The number of carbonyl (C=O) groups is 1. The number of likely N-dealkylation sites (N-methyl/N-ethyl adjacent to an activating group) is 2. The quantitative estimate of drug-likeness (QED) is 0.679. The van der Waals surface area contributed by atoms with E-state index < -0.39 is 11.9 Å². The topological polar surface area (TPSA) is 64.9 Å². The number of fused-ring (bicyclic) bond motifs is 5. The van der Waals surface area contributed by atoms with Crippen molar-refractivity contribution in [3.05, 3.63) is 27.9 Å². The Kier molecular flexibility index (Phi) is 4.20. The molecule has 1 amide bonds. The summed E-state index contributed by atoms with van der Waals surface area (Å²) in [5, 5.41) is 0.585. The second-order valence-corrected chi connectivity index (χ2v) is 9.03. The van der Waals surface area contributed by atoms with Crippen molar-refractivity contribution in [1.29, 1.82) is 0 Å². The van der Waals surface area contributed by atoms with Crippen molar-refractivity contribution >= 4 is 28.3 Å². The van der Waals surface area contributed by atoms with E-state index in [0.29, 0.717) is 48.6 Å². The highest BCUT2D eigenvalue weighted by Crippen LogP contribution is 2.42. The number of pyridine rings is 2. The van der Waals surface area contributed by atoms with Gasteiger partial charge in [-0.05, 0) is 34.0 Å². The van der Waals surface area contributed by atoms with Crippen molar-refractivity contribution < 1.29 is 9.18 Å². The molecule has 2 saturated heterocycles. The molecule has 5 heterocycles. The molecule has 0 aliphatic carbocycles. The van der Waals surface area contributed by atoms with E-state index in [-0.39, 0.29) is 29.2 Å². The molecule has 0 aromatic carbocycles. The first-order chi connectivity index (χ1) is 14.2. The molecule has 2 fully saturated rings. The van der Waals surface area contributed by atoms with Crippen LogP contribution in [-0.4, -0.2) is 83.7 Å². The van der Waals surface area contributed by atoms with Gasteiger partial charge in [0.15, 0.2) is 0 Å². The SMILES string of the molecule is Cc1nc2c(cc1F)c1c(c(=O)n2C)N(C2CN(C)C2)C(=O)C2CN(C)C(C)CN12. The second-order valence-electron chi connectivity index (χ2n) is 9.03. The zero-order valence-corrected chi connectivity index (χ0v) is 18.0. The van der Waals surface area contributed by atoms with Crippen molar-refractivity contribution in [2.24, 2.45) is 7.05 Å². The van der Waals surface area contributed by atoms with Gasteiger partial charge in [-0.25, -0.2) is 9.37 Å². The minimum Gasteiger partial charge on any atom is -0.354 e. The first kappa shape index (κ1) is 19.4. The molecule has 2 atom stereocenters. The zero-order valence-electron chi connectivity index (χ0n) is 18.0. The average Bonchev–Trinajstić information content (AvgIpc) is 2.67. The van der Waals surface area contributed by atoms with E-state index in [1.54, 1.807) is 18.9 Å². The number of piperazine rings is 1. The van der Waals surface area contributed by atoms with Gasteiger partial charge in [0.2, 0.25) is 0 Å². The number of aromatic nitrogens is 2. The lowest BCUT2D eigenvalue weighted by Crippen LogP contribution is -2.70. The van der Waals surface area contributed by atoms with Gasteiger partial charge in [0.1, 0.15) is 23.2 Å². The van der Waals surface area contributed by atoms with E-state index in [1.165, 1.54) is 10.6 Å². The summed E-state index contributed by atoms with van der Waals surface area (Å²) in [6.07, 6.45) is 0. The predicted octanol–water partition coefficient (Wildman–Crippen LogP) is 0.551. The number of halogens is 1. The van der Waals surface area contributed by atoms with Crippen LogP contribution in [0.5, 0.6) is 0 Å². The van der Waals surface area contributed by atoms with Crippen LogP contribution in [0, 0.1) is 12.7 Å². The average molecular weight is 414 g/mol. The monoisotopic (exact) mass is 414 g/mol. The van der Waals surface area contributed by atoms with Gasteiger partial charge in [-0.1, -0.05) is 0 Å². The molecule has 0 N–H and O–H groups in total. The molecule has 3 aliphatic heterocycles. The maximum Gasteiger partial charge on any atom is 0.278 e. The number of hydrogen-bond acceptors (Lipinski definition) is 6. The lowest BCUT2D eigenvalue weighted by Gasteiger charge is -2.53. The first-order valence-electron chi connectivity index (χ1n) is 10.4. The van der Waals surface area contributed by atoms with E-state index in [9.17, 15) is 14.0 Å². The van der Waals surface area contributed by atoms with Crippen LogP contribution >= 0.6 is 0 Å². The summed E-state index contributed by atoms with van der Waals surface area (Å²) < 4.78 is 16.1. The van der Waals surface area contributed by atoms with Crippen LogP contribution in [0.3, 0.4) is 0 Å². The highest BCUT2D eigenvalue weighted by atomic mass is 19.1. The summed E-state index contributed by atoms with van der Waals surface area (Å²) in [6, 6.07) is 1.22. The summed E-state index contributed by atoms with van der Waals surface area (Å²) in [7, 11) is 5.65. The summed E-state index contributed by atoms with van der Waals surface area (Å²) in [5.41, 5.74) is 1.46. The third-order valence-corrected chi connectivity index (χ3v) is 6.95. The molecule has 30 heavy (non-hydrogen) atoms. The maximum atomic E-state index is 14.6. The van der Waals surface area contributed by atoms with E-state index in [0.717, 1.165) is 0 Å². The van der Waals surface area contributed by atoms with Crippen molar-refractivity contribution in [2.45, 2.75) is 32.0 Å². The molecular formula is C21H27FN6O2. The molecule has 2 aromatic heterocycles. The van der Waals surface area contributed by atoms with Crippen molar-refractivity contribution in [2.75, 3.05) is 50.1 Å². The fraction of sp³-hybridized carbons (Fsp3) is 0.571. The second kappa shape index (κ2) is 6.49. The molecule has 160 valence electrons. The van der Waals surface area contributed by atoms with Crippen molar-refractivity contribution in [3.8, 4) is 0 Å². The Morgan fingerprint density at radius 2 is 1.77 bits per heavy atom. The number of hydrogen-bond donors (Lipinski definition) is 0. The molecule has 0 radical (unpaired) electrons. The fourth-order valence-electron chi connectivity index (χ4n) is 5.01. The Morgan fingerprint density at radius 1 is 1.07 bits per heavy atom. The molecule has 0 bridgehead atoms. The number of likely N-dealkylation sites (tertiary alicyclic amines) is 1. The summed E-state index contributed by atoms with van der Waals surface area (Å²) in [6.45, 7) is 6.28. The first-order valence-corrected chi connectivity index (χ1v) is 10.4. The number of rotatable bonds is 1. The number of anilines is 2. The molecule has 0 saturated carbocycles. The Morgan fingerprint density at radius 3 is 2.43 bits per heavy atom. The van der Waals surface area contributed by atoms with Gasteiger partial charge >= 0.3 is 0 Å². The van der Waals surface area contributed by atoms with Crippen LogP contribution in [0.4, 0.5) is 15.8 Å². The van der Waals surface area contributed by atoms with E-state index in [2.05, 4.69) is 21.7 Å². The lowest BCUT2D eigenvalue weighted by molar-refractivity contribution is -0.122. The van der Waals surface area contributed by atoms with Crippen LogP contribution < -0.4 is 15.4 Å². The number of carbonyl (C=O) groups excluding carboxylic acids is 1. The van der Waals surface area contributed by atoms with Gasteiger partial charge < -0.3 is 9.80 Å². The van der Waals surface area contributed by atoms with Gasteiger partial charge in [-0.2, -0.15) is 0 Å². The van der Waals surface area contributed by atoms with Gasteiger partial charge in [0.05, 0.1) is 17.4 Å². The maximum absolute atomic E-state index is 14.6. The van der Waals surface area contributed by atoms with Crippen molar-refractivity contribution in [3.63, 3.8) is 0 Å². The van der Waals surface area contributed by atoms with Gasteiger partial charge in [-0.3, -0.25) is 24.0 Å². The Bertz CT molecular complexity index is 1120. The Labute approximate surface area is 174 Å². The minimum absolute atomic E-state index is 0.0451. The summed E-state index contributed by atoms with van der Waals surface area (Å²) in [5.74, 6) is -0.453. The summed E-state index contributed by atoms with van der Waals surface area (Å²) >= 11 is 0. The van der Waals surface area contributed by atoms with Crippen LogP contribution in [0.2, 0.25) is 0 Å². The number of nitrogens with zero attached hydrogens (tertiary/aromatic N) is 6. The smallest absolute Gasteiger partial charge is 0.278 e. The molecule has 9 heteroatoms. The Balaban J connectivity index is 1.83. The Hall–Kier alpha value is -2.52. The molecule has 5 rings (SSSR count). The van der Waals surface area contributed by atoms with Crippen LogP contribution in [0.15, 0.2) is 10.9 Å². The molecule has 2 unspecified atom stereocenters. The van der Waals surface area contributed by atoms with Gasteiger partial charge in [0.25, 0.3) is 11.5 Å². The zero-order chi connectivity index (χ0) is 21.5. The van der Waals surface area contributed by atoms with Gasteiger partial charge in [-0.15, -0.1) is 0 Å². The largest absolute Gasteiger partial charge is 0.354 e. The third kappa shape index (κ3) is 2.54. The normalized spacial score (nSPS) is 25.5. The molecule has 3 aliphatic rings. The number of aryl methyl sites for hydroxylation is 2. The predicted molar refractivity (Wildman–Crippen MR) is 114 cm³/mol. The minimum atomic E-state index is -0.408. The van der Waals surface area contributed by atoms with Crippen LogP contribution in [-0.2, 0) is 11.8 Å². The van der Waals surface area contributed by atoms with Crippen LogP contribution in [0.25, 0.3) is 11.0 Å². The summed E-state index contributed by atoms with van der Waals surface area (Å²) in [4.78, 5) is 39.5. The highest BCUT2D eigenvalue weighted by Gasteiger charge is 2.48. The van der Waals surface area contributed by atoms with E-state index in [1.807, 2.05) is 19.0 Å². The third-order valence-electron chi connectivity index (χ3n) is 6.95. The highest BCUT2D eigenvalue weighted by molar-refractivity contribution is 6.11. The van der Waals surface area contributed by atoms with E-state index in [4.69, 9.17) is 0 Å². The molecular weight excluding hydrogens is 387 g/mol. The van der Waals surface area contributed by atoms with E-state index >= 15 is 0 Å². The molecule has 2 aromatic rings. The molecule has 8 nitrogen and oxygen atoms in total. The molecule has 0 spiro atoms. The van der Waals surface area contributed by atoms with Crippen LogP contribution in [0.1, 0.15) is 12.6 Å².